The van der Waals surface area contributed by atoms with Crippen LogP contribution in [0.15, 0.2) is 24.9 Å². The number of ether oxygens (including phenoxy) is 4. The van der Waals surface area contributed by atoms with Gasteiger partial charge in [0.05, 0.1) is 38.2 Å². The summed E-state index contributed by atoms with van der Waals surface area (Å²) in [6.07, 6.45) is -2.12. The topological polar surface area (TPSA) is 135 Å². The Morgan fingerprint density at radius 3 is 2.51 bits per heavy atom. The molecule has 3 aliphatic rings. The molecule has 6 heterocycles. The van der Waals surface area contributed by atoms with Gasteiger partial charge >= 0.3 is 12.1 Å². The van der Waals surface area contributed by atoms with Gasteiger partial charge in [0.2, 0.25) is 0 Å². The van der Waals surface area contributed by atoms with Gasteiger partial charge in [0.25, 0.3) is 6.01 Å². The van der Waals surface area contributed by atoms with Crippen LogP contribution in [0.4, 0.5) is 13.2 Å². The SMILES string of the molecule is C=CCn1c(O[C@@H]2CO[C@@H]3[C@@H]2OC[C@H]3OCC(C)(C)[Si](C)C)nc2nc(-n3cc4c(n3)CNC4)c(Cl)cc21.O=C(O)C(F)(F)F. The summed E-state index contributed by atoms with van der Waals surface area (Å²) in [5.41, 5.74) is 3.44. The third kappa shape index (κ3) is 7.05. The van der Waals surface area contributed by atoms with Crippen LogP contribution in [-0.4, -0.2) is 94.6 Å². The summed E-state index contributed by atoms with van der Waals surface area (Å²) in [6, 6.07) is 2.29. The molecular formula is C28H35ClF3N6O6Si. The maximum Gasteiger partial charge on any atom is 0.490 e. The molecule has 17 heteroatoms. The van der Waals surface area contributed by atoms with Crippen LogP contribution in [0.5, 0.6) is 6.01 Å². The molecule has 6 rings (SSSR count). The minimum Gasteiger partial charge on any atom is -0.475 e. The van der Waals surface area contributed by atoms with E-state index in [9.17, 15) is 13.2 Å². The molecule has 12 nitrogen and oxygen atoms in total. The zero-order valence-electron chi connectivity index (χ0n) is 25.2. The molecule has 2 saturated heterocycles. The van der Waals surface area contributed by atoms with Crippen LogP contribution in [0.25, 0.3) is 17.0 Å². The lowest BCUT2D eigenvalue weighted by molar-refractivity contribution is -0.192. The van der Waals surface area contributed by atoms with Crippen LogP contribution in [0, 0.1) is 0 Å². The van der Waals surface area contributed by atoms with Crippen LogP contribution in [-0.2, 0) is 38.6 Å². The third-order valence-electron chi connectivity index (χ3n) is 8.13. The molecule has 0 amide bonds. The normalized spacial score (nSPS) is 22.8. The van der Waals surface area contributed by atoms with E-state index >= 15 is 0 Å². The number of carbonyl (C=O) groups is 1. The van der Waals surface area contributed by atoms with Gasteiger partial charge in [0.15, 0.2) is 17.6 Å². The van der Waals surface area contributed by atoms with Crippen molar-refractivity contribution in [3.8, 4) is 11.8 Å². The molecule has 2 fully saturated rings. The van der Waals surface area contributed by atoms with Crippen LogP contribution >= 0.6 is 11.6 Å². The molecule has 3 aromatic rings. The monoisotopic (exact) mass is 671 g/mol. The molecule has 3 aromatic heterocycles. The maximum absolute atomic E-state index is 10.6. The van der Waals surface area contributed by atoms with Crippen LogP contribution < -0.4 is 10.1 Å². The first-order valence-electron chi connectivity index (χ1n) is 14.3. The molecule has 0 saturated carbocycles. The molecular weight excluding hydrogens is 637 g/mol. The molecule has 0 bridgehead atoms. The van der Waals surface area contributed by atoms with E-state index in [0.717, 1.165) is 29.9 Å². The van der Waals surface area contributed by atoms with E-state index < -0.39 is 20.9 Å². The van der Waals surface area contributed by atoms with E-state index in [4.69, 9.17) is 50.4 Å². The Balaban J connectivity index is 0.000000515. The summed E-state index contributed by atoms with van der Waals surface area (Å²) >= 11 is 6.68. The number of nitrogens with one attached hydrogen (secondary N) is 1. The van der Waals surface area contributed by atoms with E-state index in [2.05, 4.69) is 43.9 Å². The Kier molecular flexibility index (Phi) is 9.63. The van der Waals surface area contributed by atoms with Gasteiger partial charge in [-0.05, 0) is 11.1 Å². The molecule has 45 heavy (non-hydrogen) atoms. The van der Waals surface area contributed by atoms with Crippen molar-refractivity contribution in [2.45, 2.75) is 82.2 Å². The van der Waals surface area contributed by atoms with Gasteiger partial charge < -0.3 is 29.4 Å². The first-order chi connectivity index (χ1) is 21.2. The van der Waals surface area contributed by atoms with Crippen molar-refractivity contribution in [1.29, 1.82) is 0 Å². The number of nitrogens with zero attached hydrogens (tertiary/aromatic N) is 5. The van der Waals surface area contributed by atoms with Crippen molar-refractivity contribution < 1.29 is 42.0 Å². The maximum atomic E-state index is 10.6. The smallest absolute Gasteiger partial charge is 0.475 e. The molecule has 0 unspecified atom stereocenters. The predicted octanol–water partition coefficient (Wildman–Crippen LogP) is 4.16. The van der Waals surface area contributed by atoms with E-state index in [1.165, 1.54) is 0 Å². The van der Waals surface area contributed by atoms with Crippen molar-refractivity contribution >= 4 is 37.5 Å². The second kappa shape index (κ2) is 13.0. The fraction of sp³-hybridized carbons (Fsp3) is 0.571. The molecule has 3 aliphatic heterocycles. The minimum atomic E-state index is -5.08. The Morgan fingerprint density at radius 2 is 1.89 bits per heavy atom. The quantitative estimate of drug-likeness (QED) is 0.252. The zero-order valence-corrected chi connectivity index (χ0v) is 27.0. The largest absolute Gasteiger partial charge is 0.490 e. The summed E-state index contributed by atoms with van der Waals surface area (Å²) in [7, 11) is -0.495. The molecule has 0 aliphatic carbocycles. The van der Waals surface area contributed by atoms with Gasteiger partial charge in [-0.3, -0.25) is 4.57 Å². The van der Waals surface area contributed by atoms with Crippen molar-refractivity contribution in [2.75, 3.05) is 19.8 Å². The number of fused-ring (bicyclic) bond motifs is 3. The number of carboxylic acid groups (broad SMARTS) is 1. The van der Waals surface area contributed by atoms with E-state index in [1.807, 2.05) is 16.8 Å². The number of aliphatic carboxylic acids is 1. The Hall–Kier alpha value is -3.02. The number of pyridine rings is 1. The second-order valence-corrected chi connectivity index (χ2v) is 15.6. The summed E-state index contributed by atoms with van der Waals surface area (Å²) in [5, 5.41) is 15.7. The van der Waals surface area contributed by atoms with E-state index in [-0.39, 0.29) is 29.5 Å². The van der Waals surface area contributed by atoms with Crippen LogP contribution in [0.3, 0.4) is 0 Å². The van der Waals surface area contributed by atoms with Gasteiger partial charge in [-0.15, -0.1) is 6.58 Å². The van der Waals surface area contributed by atoms with Gasteiger partial charge in [-0.25, -0.2) is 14.5 Å². The Labute approximate surface area is 264 Å². The fourth-order valence-corrected chi connectivity index (χ4v) is 5.59. The molecule has 1 radical (unpaired) electrons. The summed E-state index contributed by atoms with van der Waals surface area (Å²) in [6.45, 7) is 16.7. The average Bonchev–Trinajstić information content (AvgIpc) is 3.76. The van der Waals surface area contributed by atoms with Crippen LogP contribution in [0.1, 0.15) is 25.1 Å². The Morgan fingerprint density at radius 1 is 1.22 bits per heavy atom. The predicted molar refractivity (Wildman–Crippen MR) is 159 cm³/mol. The minimum absolute atomic E-state index is 0.102. The van der Waals surface area contributed by atoms with Crippen molar-refractivity contribution in [3.05, 3.63) is 41.2 Å². The lowest BCUT2D eigenvalue weighted by atomic mass is 10.1. The highest BCUT2D eigenvalue weighted by Crippen LogP contribution is 2.35. The first-order valence-corrected chi connectivity index (χ1v) is 17.2. The number of aromatic nitrogens is 5. The lowest BCUT2D eigenvalue weighted by Crippen LogP contribution is -2.37. The fourth-order valence-electron chi connectivity index (χ4n) is 4.99. The number of hydrogen-bond acceptors (Lipinski definition) is 9. The van der Waals surface area contributed by atoms with E-state index in [1.54, 1.807) is 10.8 Å². The van der Waals surface area contributed by atoms with Crippen molar-refractivity contribution in [2.24, 2.45) is 0 Å². The first kappa shape index (κ1) is 33.3. The number of halogens is 4. The number of alkyl halides is 3. The molecule has 2 N–H and O–H groups in total. The van der Waals surface area contributed by atoms with Crippen molar-refractivity contribution in [1.82, 2.24) is 29.6 Å². The van der Waals surface area contributed by atoms with Gasteiger partial charge in [-0.1, -0.05) is 44.6 Å². The third-order valence-corrected chi connectivity index (χ3v) is 11.3. The second-order valence-electron chi connectivity index (χ2n) is 11.9. The van der Waals surface area contributed by atoms with Crippen LogP contribution in [0.2, 0.25) is 23.2 Å². The number of carboxylic acids is 1. The highest BCUT2D eigenvalue weighted by atomic mass is 35.5. The van der Waals surface area contributed by atoms with Gasteiger partial charge in [-0.2, -0.15) is 23.3 Å². The summed E-state index contributed by atoms with van der Waals surface area (Å²) in [5.74, 6) is -2.22. The molecule has 0 spiro atoms. The van der Waals surface area contributed by atoms with Gasteiger partial charge in [0, 0.05) is 38.0 Å². The summed E-state index contributed by atoms with van der Waals surface area (Å²) in [4.78, 5) is 18.4. The average molecular weight is 672 g/mol. The lowest BCUT2D eigenvalue weighted by Gasteiger charge is -2.30. The number of imidazole rings is 1. The highest BCUT2D eigenvalue weighted by Gasteiger charge is 2.50. The number of allylic oxidation sites excluding steroid dienone is 1. The number of rotatable bonds is 9. The molecule has 0 aromatic carbocycles. The zero-order chi connectivity index (χ0) is 32.7. The Bertz CT molecular complexity index is 1540. The van der Waals surface area contributed by atoms with Crippen molar-refractivity contribution in [3.63, 3.8) is 0 Å². The molecule has 245 valence electrons. The van der Waals surface area contributed by atoms with Gasteiger partial charge in [0.1, 0.15) is 18.3 Å². The van der Waals surface area contributed by atoms with E-state index in [0.29, 0.717) is 48.9 Å². The summed E-state index contributed by atoms with van der Waals surface area (Å²) < 4.78 is 60.3. The standard InChI is InChI=1S/C26H34ClN6O4Si.C2HF3O2/c1-6-7-32-18-8-16(27)24(33-11-15-9-28-10-17(15)31-33)29-23(18)30-25(32)37-20-13-35-21-19(12-34-22(20)21)36-14-26(2,3)38(4)5;3-2(4,5)1(6)7/h6,8,11,19-22,28H,1,7,9-10,12-14H2,2-5H3;(H,6,7)/t19-,20-,21+,22-;/m1./s1. The highest BCUT2D eigenvalue weighted by molar-refractivity contribution is 6.59. The molecule has 4 atom stereocenters. The number of hydrogen-bond donors (Lipinski definition) is 2.